The van der Waals surface area contributed by atoms with E-state index in [1.54, 1.807) is 0 Å². The Labute approximate surface area is 142 Å². The molecule has 1 aromatic rings. The second-order valence-electron chi connectivity index (χ2n) is 6.85. The Bertz CT molecular complexity index is 542. The van der Waals surface area contributed by atoms with Gasteiger partial charge in [-0.2, -0.15) is 0 Å². The van der Waals surface area contributed by atoms with Gasteiger partial charge in [0.2, 0.25) is 0 Å². The minimum atomic E-state index is -2.79. The van der Waals surface area contributed by atoms with Gasteiger partial charge in [0.15, 0.2) is 0 Å². The summed E-state index contributed by atoms with van der Waals surface area (Å²) in [6, 6.07) is 10.8. The first-order chi connectivity index (χ1) is 10.9. The standard InChI is InChI=1S/C18H32N3OP/c1-7-19(8-2)23(22)20(17-12-10-9-11-13-17)14-18(15(3)4)21(23)16(5)6/h9-13,15-16,18H,7-8,14H2,1-6H3/t18-,23-/m1/s1. The van der Waals surface area contributed by atoms with Crippen molar-refractivity contribution in [1.82, 2.24) is 9.34 Å². The fourth-order valence-corrected chi connectivity index (χ4v) is 7.36. The topological polar surface area (TPSA) is 26.8 Å². The molecule has 130 valence electrons. The van der Waals surface area contributed by atoms with Crippen molar-refractivity contribution in [1.29, 1.82) is 0 Å². The van der Waals surface area contributed by atoms with Gasteiger partial charge in [-0.3, -0.25) is 9.24 Å². The van der Waals surface area contributed by atoms with Crippen LogP contribution in [0.1, 0.15) is 41.5 Å². The summed E-state index contributed by atoms with van der Waals surface area (Å²) in [7, 11) is -2.79. The molecule has 0 saturated carbocycles. The van der Waals surface area contributed by atoms with Crippen molar-refractivity contribution in [3.8, 4) is 0 Å². The van der Waals surface area contributed by atoms with Crippen LogP contribution in [0.2, 0.25) is 0 Å². The molecule has 1 aromatic carbocycles. The molecule has 1 saturated heterocycles. The number of anilines is 1. The Morgan fingerprint density at radius 1 is 1.13 bits per heavy atom. The van der Waals surface area contributed by atoms with Gasteiger partial charge in [-0.15, -0.1) is 0 Å². The van der Waals surface area contributed by atoms with Crippen LogP contribution in [-0.2, 0) is 4.57 Å². The van der Waals surface area contributed by atoms with E-state index in [1.807, 2.05) is 18.2 Å². The van der Waals surface area contributed by atoms with Crippen LogP contribution in [0.5, 0.6) is 0 Å². The van der Waals surface area contributed by atoms with E-state index in [2.05, 4.69) is 67.7 Å². The molecule has 0 amide bonds. The van der Waals surface area contributed by atoms with E-state index in [4.69, 9.17) is 0 Å². The fraction of sp³-hybridized carbons (Fsp3) is 0.667. The molecule has 2 atom stereocenters. The maximum Gasteiger partial charge on any atom is 0.311 e. The van der Waals surface area contributed by atoms with Crippen LogP contribution in [-0.4, -0.2) is 41.1 Å². The third-order valence-corrected chi connectivity index (χ3v) is 8.45. The molecule has 1 aliphatic heterocycles. The molecule has 1 fully saturated rings. The fourth-order valence-electron chi connectivity index (χ4n) is 3.63. The molecular formula is C18H32N3OP. The lowest BCUT2D eigenvalue weighted by Crippen LogP contribution is -2.41. The minimum absolute atomic E-state index is 0.252. The van der Waals surface area contributed by atoms with Gasteiger partial charge in [-0.05, 0) is 31.9 Å². The van der Waals surface area contributed by atoms with E-state index in [0.29, 0.717) is 12.0 Å². The molecule has 5 heteroatoms. The first-order valence-corrected chi connectivity index (χ1v) is 10.4. The molecule has 0 radical (unpaired) electrons. The molecule has 4 nitrogen and oxygen atoms in total. The van der Waals surface area contributed by atoms with E-state index in [9.17, 15) is 4.57 Å². The number of nitrogens with zero attached hydrogens (tertiary/aromatic N) is 3. The summed E-state index contributed by atoms with van der Waals surface area (Å²) >= 11 is 0. The summed E-state index contributed by atoms with van der Waals surface area (Å²) < 4.78 is 21.0. The molecule has 0 unspecified atom stereocenters. The summed E-state index contributed by atoms with van der Waals surface area (Å²) in [4.78, 5) is 0. The van der Waals surface area contributed by atoms with Gasteiger partial charge in [-0.25, -0.2) is 9.34 Å². The SMILES string of the molecule is CCN(CC)[P@@]1(=O)N(c2ccccc2)C[C@H](C(C)C)N1C(C)C. The Balaban J connectivity index is 2.58. The smallest absolute Gasteiger partial charge is 0.297 e. The number of benzene rings is 1. The molecule has 1 heterocycles. The maximum atomic E-state index is 14.4. The number of para-hydroxylation sites is 1. The maximum absolute atomic E-state index is 14.4. The first kappa shape index (κ1) is 18.5. The van der Waals surface area contributed by atoms with Gasteiger partial charge >= 0.3 is 7.59 Å². The van der Waals surface area contributed by atoms with E-state index in [1.165, 1.54) is 0 Å². The minimum Gasteiger partial charge on any atom is -0.297 e. The lowest BCUT2D eigenvalue weighted by Gasteiger charge is -2.41. The van der Waals surface area contributed by atoms with E-state index < -0.39 is 7.59 Å². The highest BCUT2D eigenvalue weighted by molar-refractivity contribution is 7.61. The zero-order chi connectivity index (χ0) is 17.2. The molecule has 0 spiro atoms. The highest BCUT2D eigenvalue weighted by Gasteiger charge is 2.53. The number of hydrogen-bond acceptors (Lipinski definition) is 1. The van der Waals surface area contributed by atoms with Crippen molar-refractivity contribution in [2.24, 2.45) is 5.92 Å². The third-order valence-electron chi connectivity index (χ3n) is 4.77. The predicted octanol–water partition coefficient (Wildman–Crippen LogP) is 4.69. The molecule has 0 aromatic heterocycles. The van der Waals surface area contributed by atoms with Gasteiger partial charge in [0.25, 0.3) is 0 Å². The average molecular weight is 337 g/mol. The zero-order valence-electron chi connectivity index (χ0n) is 15.4. The normalized spacial score (nSPS) is 26.0. The monoisotopic (exact) mass is 337 g/mol. The molecule has 1 aliphatic rings. The van der Waals surface area contributed by atoms with Crippen molar-refractivity contribution in [2.75, 3.05) is 24.3 Å². The van der Waals surface area contributed by atoms with Crippen LogP contribution in [0.25, 0.3) is 0 Å². The van der Waals surface area contributed by atoms with Crippen molar-refractivity contribution in [3.63, 3.8) is 0 Å². The first-order valence-electron chi connectivity index (χ1n) is 8.85. The molecular weight excluding hydrogens is 305 g/mol. The van der Waals surface area contributed by atoms with Crippen LogP contribution in [0.3, 0.4) is 0 Å². The predicted molar refractivity (Wildman–Crippen MR) is 99.9 cm³/mol. The third kappa shape index (κ3) is 3.22. The van der Waals surface area contributed by atoms with E-state index in [0.717, 1.165) is 25.3 Å². The Morgan fingerprint density at radius 2 is 1.70 bits per heavy atom. The van der Waals surface area contributed by atoms with Crippen LogP contribution < -0.4 is 4.67 Å². The highest BCUT2D eigenvalue weighted by atomic mass is 31.2. The summed E-state index contributed by atoms with van der Waals surface area (Å²) in [6.07, 6.45) is 0. The quantitative estimate of drug-likeness (QED) is 0.704. The van der Waals surface area contributed by atoms with Crippen molar-refractivity contribution < 1.29 is 4.57 Å². The van der Waals surface area contributed by atoms with E-state index >= 15 is 0 Å². The second-order valence-corrected chi connectivity index (χ2v) is 9.39. The summed E-state index contributed by atoms with van der Waals surface area (Å²) in [5.41, 5.74) is 1.07. The number of rotatable bonds is 6. The summed E-state index contributed by atoms with van der Waals surface area (Å²) in [5.74, 6) is 0.468. The lowest BCUT2D eigenvalue weighted by atomic mass is 10.0. The lowest BCUT2D eigenvalue weighted by molar-refractivity contribution is 0.232. The van der Waals surface area contributed by atoms with Gasteiger partial charge in [0, 0.05) is 37.4 Å². The Hall–Kier alpha value is -0.830. The summed E-state index contributed by atoms with van der Waals surface area (Å²) in [6.45, 7) is 15.4. The van der Waals surface area contributed by atoms with Crippen molar-refractivity contribution >= 4 is 13.3 Å². The molecule has 0 bridgehead atoms. The average Bonchev–Trinajstić information content (AvgIpc) is 2.84. The van der Waals surface area contributed by atoms with Crippen LogP contribution >= 0.6 is 7.59 Å². The zero-order valence-corrected chi connectivity index (χ0v) is 16.3. The Kier molecular flexibility index (Phi) is 5.94. The molecule has 0 N–H and O–H groups in total. The highest BCUT2D eigenvalue weighted by Crippen LogP contribution is 2.64. The molecule has 0 aliphatic carbocycles. The summed E-state index contributed by atoms with van der Waals surface area (Å²) in [5, 5.41) is 0. The van der Waals surface area contributed by atoms with Crippen molar-refractivity contribution in [3.05, 3.63) is 30.3 Å². The molecule has 2 rings (SSSR count). The largest absolute Gasteiger partial charge is 0.311 e. The van der Waals surface area contributed by atoms with Gasteiger partial charge in [0.1, 0.15) is 0 Å². The second kappa shape index (κ2) is 7.38. The van der Waals surface area contributed by atoms with Crippen LogP contribution in [0, 0.1) is 5.92 Å². The van der Waals surface area contributed by atoms with Crippen LogP contribution in [0.15, 0.2) is 30.3 Å². The van der Waals surface area contributed by atoms with Gasteiger partial charge < -0.3 is 0 Å². The van der Waals surface area contributed by atoms with Crippen LogP contribution in [0.4, 0.5) is 5.69 Å². The molecule has 23 heavy (non-hydrogen) atoms. The van der Waals surface area contributed by atoms with Gasteiger partial charge in [-0.1, -0.05) is 45.9 Å². The number of hydrogen-bond donors (Lipinski definition) is 0. The van der Waals surface area contributed by atoms with Gasteiger partial charge in [0.05, 0.1) is 0 Å². The van der Waals surface area contributed by atoms with E-state index in [-0.39, 0.29) is 6.04 Å². The Morgan fingerprint density at radius 3 is 2.13 bits per heavy atom. The van der Waals surface area contributed by atoms with Crippen molar-refractivity contribution in [2.45, 2.75) is 53.6 Å².